The molecule has 0 atom stereocenters. The van der Waals surface area contributed by atoms with Crippen LogP contribution in [0, 0.1) is 13.8 Å². The van der Waals surface area contributed by atoms with E-state index in [2.05, 4.69) is 4.74 Å². The Hall–Kier alpha value is -3.42. The van der Waals surface area contributed by atoms with Crippen LogP contribution in [0.3, 0.4) is 0 Å². The highest BCUT2D eigenvalue weighted by Crippen LogP contribution is 2.19. The molecule has 1 aromatic carbocycles. The molecule has 3 rings (SSSR count). The van der Waals surface area contributed by atoms with Crippen LogP contribution in [-0.4, -0.2) is 29.5 Å². The third-order valence-corrected chi connectivity index (χ3v) is 4.42. The van der Waals surface area contributed by atoms with Gasteiger partial charge in [-0.15, -0.1) is 0 Å². The van der Waals surface area contributed by atoms with E-state index in [1.54, 1.807) is 25.3 Å². The van der Waals surface area contributed by atoms with Gasteiger partial charge < -0.3 is 18.5 Å². The van der Waals surface area contributed by atoms with Crippen LogP contribution in [0.5, 0.6) is 5.75 Å². The predicted octanol–water partition coefficient (Wildman–Crippen LogP) is 4.39. The molecule has 0 amide bonds. The molecule has 0 saturated carbocycles. The van der Waals surface area contributed by atoms with E-state index in [0.29, 0.717) is 17.8 Å². The number of esters is 1. The molecule has 0 aliphatic carbocycles. The van der Waals surface area contributed by atoms with Crippen LogP contribution in [0.4, 0.5) is 8.78 Å². The van der Waals surface area contributed by atoms with E-state index in [9.17, 15) is 18.4 Å². The fraction of sp³-hybridized carbons (Fsp3) is 0.238. The number of Topliss-reactive ketones (excluding diaryl/α,β-unsaturated/α-hetero) is 1. The molecule has 0 aliphatic heterocycles. The van der Waals surface area contributed by atoms with Crippen LogP contribution in [-0.2, 0) is 11.3 Å². The number of hydrogen-bond acceptors (Lipinski definition) is 5. The van der Waals surface area contributed by atoms with E-state index < -0.39 is 25.0 Å². The van der Waals surface area contributed by atoms with E-state index in [1.807, 2.05) is 17.6 Å². The first-order valence-electron chi connectivity index (χ1n) is 8.79. The van der Waals surface area contributed by atoms with Gasteiger partial charge in [0.05, 0.1) is 18.4 Å². The molecule has 0 radical (unpaired) electrons. The van der Waals surface area contributed by atoms with Gasteiger partial charge in [-0.25, -0.2) is 4.79 Å². The number of ketones is 1. The number of halogens is 2. The zero-order valence-electron chi connectivity index (χ0n) is 15.9. The minimum atomic E-state index is -2.94. The molecule has 0 unspecified atom stereocenters. The Morgan fingerprint density at radius 1 is 1.14 bits per heavy atom. The zero-order chi connectivity index (χ0) is 21.0. The number of hydrogen-bond donors (Lipinski definition) is 0. The molecule has 2 heterocycles. The number of nitrogens with zero attached hydrogens (tertiary/aromatic N) is 1. The van der Waals surface area contributed by atoms with Crippen molar-refractivity contribution in [2.24, 2.45) is 0 Å². The second-order valence-corrected chi connectivity index (χ2v) is 6.35. The van der Waals surface area contributed by atoms with Crippen molar-refractivity contribution < 1.29 is 32.3 Å². The number of benzene rings is 1. The molecule has 8 heteroatoms. The minimum absolute atomic E-state index is 0.0578. The van der Waals surface area contributed by atoms with Crippen molar-refractivity contribution >= 4 is 11.8 Å². The average Bonchev–Trinajstić information content (AvgIpc) is 3.30. The monoisotopic (exact) mass is 403 g/mol. The summed E-state index contributed by atoms with van der Waals surface area (Å²) in [5, 5.41) is 0. The number of carbonyl (C=O) groups excluding carboxylic acids is 2. The molecule has 152 valence electrons. The number of aromatic nitrogens is 1. The summed E-state index contributed by atoms with van der Waals surface area (Å²) in [6.45, 7) is 0.723. The van der Waals surface area contributed by atoms with Crippen molar-refractivity contribution in [3.05, 3.63) is 77.0 Å². The average molecular weight is 403 g/mol. The minimum Gasteiger partial charge on any atom is -0.467 e. The van der Waals surface area contributed by atoms with E-state index in [-0.39, 0.29) is 11.3 Å². The van der Waals surface area contributed by atoms with Crippen LogP contribution in [0.15, 0.2) is 53.1 Å². The van der Waals surface area contributed by atoms with E-state index >= 15 is 0 Å². The largest absolute Gasteiger partial charge is 0.467 e. The normalized spacial score (nSPS) is 10.9. The summed E-state index contributed by atoms with van der Waals surface area (Å²) in [4.78, 5) is 24.6. The van der Waals surface area contributed by atoms with Crippen LogP contribution < -0.4 is 4.74 Å². The Morgan fingerprint density at radius 3 is 2.48 bits per heavy atom. The van der Waals surface area contributed by atoms with Crippen molar-refractivity contribution in [3.8, 4) is 5.75 Å². The van der Waals surface area contributed by atoms with Gasteiger partial charge >= 0.3 is 12.6 Å². The molecule has 6 nitrogen and oxygen atoms in total. The fourth-order valence-corrected chi connectivity index (χ4v) is 2.92. The van der Waals surface area contributed by atoms with Crippen molar-refractivity contribution in [1.29, 1.82) is 0 Å². The van der Waals surface area contributed by atoms with Gasteiger partial charge in [-0.1, -0.05) is 0 Å². The van der Waals surface area contributed by atoms with E-state index in [0.717, 1.165) is 11.5 Å². The SMILES string of the molecule is Cc1cc(C(=O)OCC(=O)c2ccc(OC(F)F)cc2)c(C)n1Cc1ccco1. The topological polar surface area (TPSA) is 70.7 Å². The number of ether oxygens (including phenoxy) is 2. The highest BCUT2D eigenvalue weighted by molar-refractivity contribution is 5.99. The first-order valence-corrected chi connectivity index (χ1v) is 8.79. The molecular formula is C21H19F2NO5. The Bertz CT molecular complexity index is 991. The lowest BCUT2D eigenvalue weighted by Gasteiger charge is -2.08. The Kier molecular flexibility index (Phi) is 6.11. The molecule has 29 heavy (non-hydrogen) atoms. The van der Waals surface area contributed by atoms with Crippen LogP contribution >= 0.6 is 0 Å². The number of aryl methyl sites for hydroxylation is 1. The standard InChI is InChI=1S/C21H19F2NO5/c1-13-10-18(14(2)24(13)11-17-4-3-9-27-17)20(26)28-12-19(25)15-5-7-16(8-6-15)29-21(22)23/h3-10,21H,11-12H2,1-2H3. The van der Waals surface area contributed by atoms with Crippen LogP contribution in [0.25, 0.3) is 0 Å². The lowest BCUT2D eigenvalue weighted by Crippen LogP contribution is -2.15. The highest BCUT2D eigenvalue weighted by Gasteiger charge is 2.19. The van der Waals surface area contributed by atoms with Gasteiger partial charge in [0.25, 0.3) is 0 Å². The maximum Gasteiger partial charge on any atom is 0.387 e. The number of rotatable bonds is 8. The summed E-state index contributed by atoms with van der Waals surface area (Å²) in [7, 11) is 0. The zero-order valence-corrected chi connectivity index (χ0v) is 15.9. The van der Waals surface area contributed by atoms with Crippen molar-refractivity contribution in [1.82, 2.24) is 4.57 Å². The molecule has 3 aromatic rings. The smallest absolute Gasteiger partial charge is 0.387 e. The molecule has 0 spiro atoms. The van der Waals surface area contributed by atoms with Gasteiger partial charge in [0, 0.05) is 17.0 Å². The number of carbonyl (C=O) groups is 2. The molecular weight excluding hydrogens is 384 g/mol. The number of furan rings is 1. The lowest BCUT2D eigenvalue weighted by atomic mass is 10.1. The first-order chi connectivity index (χ1) is 13.8. The Balaban J connectivity index is 1.62. The van der Waals surface area contributed by atoms with Gasteiger partial charge in [0.1, 0.15) is 11.5 Å². The predicted molar refractivity (Wildman–Crippen MR) is 99.4 cm³/mol. The number of alkyl halides is 2. The molecule has 0 N–H and O–H groups in total. The first kappa shape index (κ1) is 20.3. The van der Waals surface area contributed by atoms with Crippen molar-refractivity contribution in [2.75, 3.05) is 6.61 Å². The summed E-state index contributed by atoms with van der Waals surface area (Å²) in [5.74, 6) is -0.375. The van der Waals surface area contributed by atoms with Crippen LogP contribution in [0.1, 0.15) is 37.9 Å². The fourth-order valence-electron chi connectivity index (χ4n) is 2.92. The third kappa shape index (κ3) is 4.90. The summed E-state index contributed by atoms with van der Waals surface area (Å²) in [6.07, 6.45) is 1.58. The molecule has 0 fully saturated rings. The maximum absolute atomic E-state index is 12.4. The summed E-state index contributed by atoms with van der Waals surface area (Å²) < 4.78 is 41.0. The highest BCUT2D eigenvalue weighted by atomic mass is 19.3. The van der Waals surface area contributed by atoms with Gasteiger partial charge in [0.15, 0.2) is 12.4 Å². The lowest BCUT2D eigenvalue weighted by molar-refractivity contribution is -0.0498. The van der Waals surface area contributed by atoms with Crippen molar-refractivity contribution in [2.45, 2.75) is 27.0 Å². The van der Waals surface area contributed by atoms with Gasteiger partial charge in [-0.3, -0.25) is 4.79 Å². The summed E-state index contributed by atoms with van der Waals surface area (Å²) in [5.41, 5.74) is 2.14. The van der Waals surface area contributed by atoms with E-state index in [4.69, 9.17) is 9.15 Å². The molecule has 2 aromatic heterocycles. The maximum atomic E-state index is 12.4. The second kappa shape index (κ2) is 8.72. The van der Waals surface area contributed by atoms with Gasteiger partial charge in [0.2, 0.25) is 0 Å². The molecule has 0 aliphatic rings. The summed E-state index contributed by atoms with van der Waals surface area (Å²) >= 11 is 0. The second-order valence-electron chi connectivity index (χ2n) is 6.35. The van der Waals surface area contributed by atoms with E-state index in [1.165, 1.54) is 24.3 Å². The van der Waals surface area contributed by atoms with Gasteiger partial charge in [-0.05, 0) is 56.3 Å². The van der Waals surface area contributed by atoms with Crippen LogP contribution in [0.2, 0.25) is 0 Å². The quantitative estimate of drug-likeness (QED) is 0.412. The Morgan fingerprint density at radius 2 is 1.86 bits per heavy atom. The molecule has 0 saturated heterocycles. The Labute approximate surface area is 165 Å². The van der Waals surface area contributed by atoms with Gasteiger partial charge in [-0.2, -0.15) is 8.78 Å². The molecule has 0 bridgehead atoms. The summed E-state index contributed by atoms with van der Waals surface area (Å²) in [6, 6.07) is 10.5. The van der Waals surface area contributed by atoms with Crippen molar-refractivity contribution in [3.63, 3.8) is 0 Å². The third-order valence-electron chi connectivity index (χ3n) is 4.42.